The van der Waals surface area contributed by atoms with Gasteiger partial charge in [0.2, 0.25) is 0 Å². The van der Waals surface area contributed by atoms with E-state index in [1.165, 1.54) is 0 Å². The highest BCUT2D eigenvalue weighted by Crippen LogP contribution is 2.36. The Labute approximate surface area is 210 Å². The second-order valence-electron chi connectivity index (χ2n) is 9.32. The molecule has 1 aliphatic heterocycles. The number of hydrazine groups is 1. The van der Waals surface area contributed by atoms with Crippen LogP contribution in [0.15, 0.2) is 54.0 Å². The molecule has 180 valence electrons. The molecule has 8 nitrogen and oxygen atoms in total. The van der Waals surface area contributed by atoms with Crippen LogP contribution in [0.25, 0.3) is 10.9 Å². The number of rotatable bonds is 4. The van der Waals surface area contributed by atoms with Crippen LogP contribution in [0.1, 0.15) is 32.4 Å². The molecular formula is C24H30Cl2N8. The van der Waals surface area contributed by atoms with Crippen LogP contribution >= 0.6 is 23.2 Å². The third-order valence-electron chi connectivity index (χ3n) is 6.15. The molecule has 2 aromatic heterocycles. The Kier molecular flexibility index (Phi) is 7.14. The number of piperazine rings is 1. The average molecular weight is 501 g/mol. The Balaban J connectivity index is 1.72. The lowest BCUT2D eigenvalue weighted by Crippen LogP contribution is -2.57. The van der Waals surface area contributed by atoms with E-state index in [-0.39, 0.29) is 11.6 Å². The number of fused-ring (bicyclic) bond motifs is 1. The van der Waals surface area contributed by atoms with Crippen LogP contribution in [0.4, 0.5) is 5.69 Å². The van der Waals surface area contributed by atoms with Crippen molar-refractivity contribution in [2.75, 3.05) is 31.1 Å². The summed E-state index contributed by atoms with van der Waals surface area (Å²) in [6, 6.07) is 9.84. The number of nitrogens with zero attached hydrogens (tertiary/aromatic N) is 6. The minimum absolute atomic E-state index is 0.257. The van der Waals surface area contributed by atoms with Gasteiger partial charge in [-0.3, -0.25) is 19.9 Å². The third kappa shape index (κ3) is 4.77. The van der Waals surface area contributed by atoms with E-state index in [0.717, 1.165) is 48.3 Å². The molecule has 0 amide bonds. The van der Waals surface area contributed by atoms with Gasteiger partial charge in [0.05, 0.1) is 27.3 Å². The first kappa shape index (κ1) is 24.5. The quantitative estimate of drug-likeness (QED) is 0.241. The first-order chi connectivity index (χ1) is 16.2. The van der Waals surface area contributed by atoms with Gasteiger partial charge in [0.1, 0.15) is 0 Å². The topological polar surface area (TPSA) is 99.9 Å². The first-order valence-electron chi connectivity index (χ1n) is 11.2. The Bertz CT molecular complexity index is 1160. The monoisotopic (exact) mass is 500 g/mol. The highest BCUT2D eigenvalue weighted by molar-refractivity contribution is 6.38. The van der Waals surface area contributed by atoms with Crippen LogP contribution in [0, 0.1) is 0 Å². The molecule has 0 radical (unpaired) electrons. The molecule has 1 atom stereocenters. The minimum Gasteiger partial charge on any atom is -0.366 e. The van der Waals surface area contributed by atoms with E-state index in [2.05, 4.69) is 30.9 Å². The lowest BCUT2D eigenvalue weighted by Gasteiger charge is -2.44. The molecule has 3 heterocycles. The molecular weight excluding hydrogens is 471 g/mol. The molecule has 0 aliphatic carbocycles. The summed E-state index contributed by atoms with van der Waals surface area (Å²) in [6.45, 7) is 9.00. The maximum atomic E-state index is 6.58. The number of hydrogen-bond donors (Lipinski definition) is 2. The zero-order valence-corrected chi connectivity index (χ0v) is 21.1. The molecule has 34 heavy (non-hydrogen) atoms. The first-order valence-corrected chi connectivity index (χ1v) is 11.9. The van der Waals surface area contributed by atoms with E-state index in [1.807, 2.05) is 51.2 Å². The van der Waals surface area contributed by atoms with Gasteiger partial charge < -0.3 is 10.7 Å². The minimum atomic E-state index is -0.376. The summed E-state index contributed by atoms with van der Waals surface area (Å²) in [5, 5.41) is 8.00. The normalized spacial score (nSPS) is 16.6. The molecule has 10 heteroatoms. The van der Waals surface area contributed by atoms with E-state index in [1.54, 1.807) is 17.4 Å². The molecule has 0 spiro atoms. The number of aromatic nitrogens is 2. The fraction of sp³-hybridized carbons (Fsp3) is 0.375. The fourth-order valence-electron chi connectivity index (χ4n) is 4.37. The van der Waals surface area contributed by atoms with Crippen molar-refractivity contribution in [2.24, 2.45) is 16.8 Å². The molecule has 1 aliphatic rings. The van der Waals surface area contributed by atoms with Crippen molar-refractivity contribution in [1.82, 2.24) is 19.9 Å². The van der Waals surface area contributed by atoms with Crippen LogP contribution in [0.3, 0.4) is 0 Å². The molecule has 1 aromatic carbocycles. The van der Waals surface area contributed by atoms with E-state index < -0.39 is 0 Å². The number of para-hydroxylation sites is 1. The van der Waals surface area contributed by atoms with Gasteiger partial charge in [-0.2, -0.15) is 5.10 Å². The van der Waals surface area contributed by atoms with Crippen molar-refractivity contribution >= 4 is 45.6 Å². The fourth-order valence-corrected chi connectivity index (χ4v) is 4.98. The SMILES string of the molecule is CC(C)(C)N(N)/C(=N\N)C(c1ccnc2ccccc12)N1CCN(c2c(Cl)cncc2Cl)CC1. The predicted molar refractivity (Wildman–Crippen MR) is 140 cm³/mol. The Morgan fingerprint density at radius 2 is 1.71 bits per heavy atom. The number of hydrogen-bond acceptors (Lipinski definition) is 7. The summed E-state index contributed by atoms with van der Waals surface area (Å²) in [7, 11) is 0. The molecule has 1 unspecified atom stereocenters. The Morgan fingerprint density at radius 3 is 2.32 bits per heavy atom. The number of hydrazone groups is 1. The van der Waals surface area contributed by atoms with Crippen molar-refractivity contribution < 1.29 is 0 Å². The number of anilines is 1. The zero-order chi connectivity index (χ0) is 24.5. The van der Waals surface area contributed by atoms with Crippen molar-refractivity contribution in [1.29, 1.82) is 0 Å². The molecule has 1 saturated heterocycles. The Hall–Kier alpha value is -2.65. The summed E-state index contributed by atoms with van der Waals surface area (Å²) >= 11 is 12.8. The smallest absolute Gasteiger partial charge is 0.161 e. The number of pyridine rings is 2. The molecule has 3 aromatic rings. The summed E-state index contributed by atoms with van der Waals surface area (Å²) in [5.74, 6) is 13.2. The summed E-state index contributed by atoms with van der Waals surface area (Å²) in [4.78, 5) is 13.1. The van der Waals surface area contributed by atoms with Gasteiger partial charge in [-0.05, 0) is 38.5 Å². The Morgan fingerprint density at radius 1 is 1.06 bits per heavy atom. The standard InChI is InChI=1S/C24H30Cl2N8/c1-24(2,3)34(28)23(31-27)21(17-8-9-30-20-7-5-4-6-16(17)20)32-10-12-33(13-11-32)22-18(25)14-29-15-19(22)26/h4-9,14-15,21H,10-13,27-28H2,1-3H3/b31-23-. The van der Waals surface area contributed by atoms with E-state index in [0.29, 0.717) is 15.9 Å². The predicted octanol–water partition coefficient (Wildman–Crippen LogP) is 4.05. The molecule has 4 N–H and O–H groups in total. The van der Waals surface area contributed by atoms with Gasteiger partial charge >= 0.3 is 0 Å². The van der Waals surface area contributed by atoms with E-state index in [4.69, 9.17) is 34.9 Å². The maximum absolute atomic E-state index is 6.58. The number of halogens is 2. The number of benzene rings is 1. The number of amidine groups is 1. The number of nitrogens with two attached hydrogens (primary N) is 2. The molecule has 0 bridgehead atoms. The molecule has 4 rings (SSSR count). The van der Waals surface area contributed by atoms with E-state index >= 15 is 0 Å². The highest BCUT2D eigenvalue weighted by Gasteiger charge is 2.36. The second-order valence-corrected chi connectivity index (χ2v) is 10.1. The third-order valence-corrected chi connectivity index (χ3v) is 6.70. The van der Waals surface area contributed by atoms with Gasteiger partial charge in [-0.1, -0.05) is 41.4 Å². The van der Waals surface area contributed by atoms with Crippen molar-refractivity contribution in [3.8, 4) is 0 Å². The largest absolute Gasteiger partial charge is 0.366 e. The van der Waals surface area contributed by atoms with E-state index in [9.17, 15) is 0 Å². The van der Waals surface area contributed by atoms with Crippen LogP contribution < -0.4 is 16.6 Å². The summed E-state index contributed by atoms with van der Waals surface area (Å²) < 4.78 is 0. The maximum Gasteiger partial charge on any atom is 0.161 e. The van der Waals surface area contributed by atoms with Gasteiger partial charge in [-0.25, -0.2) is 5.84 Å². The lowest BCUT2D eigenvalue weighted by molar-refractivity contribution is 0.183. The molecule has 0 saturated carbocycles. The highest BCUT2D eigenvalue weighted by atomic mass is 35.5. The van der Waals surface area contributed by atoms with Crippen LogP contribution in [-0.2, 0) is 0 Å². The van der Waals surface area contributed by atoms with Gasteiger partial charge in [0.25, 0.3) is 0 Å². The van der Waals surface area contributed by atoms with Crippen molar-refractivity contribution in [3.05, 3.63) is 64.5 Å². The second kappa shape index (κ2) is 9.92. The lowest BCUT2D eigenvalue weighted by atomic mass is 9.96. The summed E-state index contributed by atoms with van der Waals surface area (Å²) in [6.07, 6.45) is 5.06. The van der Waals surface area contributed by atoms with Crippen molar-refractivity contribution in [2.45, 2.75) is 32.4 Å². The van der Waals surface area contributed by atoms with Crippen molar-refractivity contribution in [3.63, 3.8) is 0 Å². The van der Waals surface area contributed by atoms with Crippen LogP contribution in [0.2, 0.25) is 10.0 Å². The van der Waals surface area contributed by atoms with Crippen LogP contribution in [0.5, 0.6) is 0 Å². The van der Waals surface area contributed by atoms with Gasteiger partial charge in [0.15, 0.2) is 5.84 Å². The van der Waals surface area contributed by atoms with Crippen LogP contribution in [-0.4, -0.2) is 57.4 Å². The average Bonchev–Trinajstić information content (AvgIpc) is 2.82. The van der Waals surface area contributed by atoms with Gasteiger partial charge in [0, 0.05) is 55.7 Å². The van der Waals surface area contributed by atoms with Gasteiger partial charge in [-0.15, -0.1) is 0 Å². The molecule has 1 fully saturated rings. The summed E-state index contributed by atoms with van der Waals surface area (Å²) in [5.41, 5.74) is 2.41. The zero-order valence-electron chi connectivity index (χ0n) is 19.6.